The standard InChI is InChI=1S/C14H13Br2NO3S/c1-9-2-4-11(7-12(9)15)17-21(19,20)14-5-3-10(8-18)6-13(14)16/h2-7,17-18H,8H2,1H3. The van der Waals surface area contributed by atoms with Gasteiger partial charge >= 0.3 is 0 Å². The highest BCUT2D eigenvalue weighted by atomic mass is 79.9. The summed E-state index contributed by atoms with van der Waals surface area (Å²) in [5.74, 6) is 0. The van der Waals surface area contributed by atoms with Crippen LogP contribution < -0.4 is 4.72 Å². The number of aliphatic hydroxyl groups excluding tert-OH is 1. The average molecular weight is 435 g/mol. The SMILES string of the molecule is Cc1ccc(NS(=O)(=O)c2ccc(CO)cc2Br)cc1Br. The number of rotatable bonds is 4. The van der Waals surface area contributed by atoms with Crippen LogP contribution in [0.5, 0.6) is 0 Å². The van der Waals surface area contributed by atoms with E-state index >= 15 is 0 Å². The van der Waals surface area contributed by atoms with E-state index in [2.05, 4.69) is 36.6 Å². The van der Waals surface area contributed by atoms with Crippen LogP contribution in [0, 0.1) is 6.92 Å². The number of nitrogens with one attached hydrogen (secondary N) is 1. The molecule has 112 valence electrons. The Morgan fingerprint density at radius 2 is 1.81 bits per heavy atom. The first kappa shape index (κ1) is 16.5. The van der Waals surface area contributed by atoms with Crippen molar-refractivity contribution in [1.29, 1.82) is 0 Å². The third-order valence-corrected chi connectivity index (χ3v) is 6.10. The Hall–Kier alpha value is -0.890. The van der Waals surface area contributed by atoms with Gasteiger partial charge < -0.3 is 5.11 Å². The van der Waals surface area contributed by atoms with E-state index in [4.69, 9.17) is 5.11 Å². The maximum absolute atomic E-state index is 12.4. The predicted molar refractivity (Wildman–Crippen MR) is 89.8 cm³/mol. The van der Waals surface area contributed by atoms with Gasteiger partial charge in [-0.3, -0.25) is 4.72 Å². The van der Waals surface area contributed by atoms with Crippen molar-refractivity contribution in [1.82, 2.24) is 0 Å². The summed E-state index contributed by atoms with van der Waals surface area (Å²) in [6.45, 7) is 1.78. The van der Waals surface area contributed by atoms with Crippen LogP contribution in [0.3, 0.4) is 0 Å². The molecule has 0 aliphatic heterocycles. The summed E-state index contributed by atoms with van der Waals surface area (Å²) in [7, 11) is -3.70. The second-order valence-electron chi connectivity index (χ2n) is 4.49. The minimum atomic E-state index is -3.70. The highest BCUT2D eigenvalue weighted by molar-refractivity contribution is 9.10. The molecular formula is C14H13Br2NO3S. The summed E-state index contributed by atoms with van der Waals surface area (Å²) in [6.07, 6.45) is 0. The fraction of sp³-hybridized carbons (Fsp3) is 0.143. The molecule has 0 unspecified atom stereocenters. The van der Waals surface area contributed by atoms with Crippen molar-refractivity contribution >= 4 is 47.6 Å². The minimum Gasteiger partial charge on any atom is -0.392 e. The number of halogens is 2. The zero-order valence-electron chi connectivity index (χ0n) is 11.1. The van der Waals surface area contributed by atoms with E-state index in [1.165, 1.54) is 6.07 Å². The smallest absolute Gasteiger partial charge is 0.263 e. The molecule has 0 spiro atoms. The van der Waals surface area contributed by atoms with Crippen LogP contribution in [0.25, 0.3) is 0 Å². The largest absolute Gasteiger partial charge is 0.392 e. The van der Waals surface area contributed by atoms with E-state index < -0.39 is 10.0 Å². The number of hydrogen-bond acceptors (Lipinski definition) is 3. The number of benzene rings is 2. The fourth-order valence-electron chi connectivity index (χ4n) is 1.73. The number of aliphatic hydroxyl groups is 1. The van der Waals surface area contributed by atoms with Gasteiger partial charge in [-0.2, -0.15) is 0 Å². The molecule has 0 aromatic heterocycles. The van der Waals surface area contributed by atoms with Crippen LogP contribution in [0.4, 0.5) is 5.69 Å². The Kier molecular flexibility index (Phi) is 5.08. The molecular weight excluding hydrogens is 422 g/mol. The lowest BCUT2D eigenvalue weighted by Crippen LogP contribution is -2.13. The molecule has 0 bridgehead atoms. The van der Waals surface area contributed by atoms with Gasteiger partial charge in [0.15, 0.2) is 0 Å². The summed E-state index contributed by atoms with van der Waals surface area (Å²) < 4.78 is 28.6. The summed E-state index contributed by atoms with van der Waals surface area (Å²) >= 11 is 6.59. The van der Waals surface area contributed by atoms with Gasteiger partial charge in [0.1, 0.15) is 4.90 Å². The van der Waals surface area contributed by atoms with E-state index in [0.717, 1.165) is 10.0 Å². The van der Waals surface area contributed by atoms with Crippen LogP contribution in [-0.2, 0) is 16.6 Å². The molecule has 0 fully saturated rings. The normalized spacial score (nSPS) is 11.4. The number of anilines is 1. The lowest BCUT2D eigenvalue weighted by Gasteiger charge is -2.11. The van der Waals surface area contributed by atoms with Crippen molar-refractivity contribution in [3.8, 4) is 0 Å². The minimum absolute atomic E-state index is 0.122. The van der Waals surface area contributed by atoms with Gasteiger partial charge in [0.05, 0.1) is 6.61 Å². The molecule has 0 saturated heterocycles. The summed E-state index contributed by atoms with van der Waals surface area (Å²) in [5.41, 5.74) is 2.14. The van der Waals surface area contributed by atoms with Crippen LogP contribution in [0.1, 0.15) is 11.1 Å². The Balaban J connectivity index is 2.36. The third-order valence-electron chi connectivity index (χ3n) is 2.89. The zero-order chi connectivity index (χ0) is 15.6. The monoisotopic (exact) mass is 433 g/mol. The molecule has 0 aliphatic rings. The molecule has 2 rings (SSSR count). The molecule has 0 heterocycles. The molecule has 21 heavy (non-hydrogen) atoms. The quantitative estimate of drug-likeness (QED) is 0.768. The second-order valence-corrected chi connectivity index (χ2v) is 7.85. The molecule has 2 aromatic rings. The first-order chi connectivity index (χ1) is 9.83. The van der Waals surface area contributed by atoms with Gasteiger partial charge in [0.2, 0.25) is 0 Å². The Labute approximate surface area is 140 Å². The van der Waals surface area contributed by atoms with Crippen molar-refractivity contribution in [3.63, 3.8) is 0 Å². The second kappa shape index (κ2) is 6.48. The van der Waals surface area contributed by atoms with Crippen molar-refractivity contribution in [2.75, 3.05) is 4.72 Å². The highest BCUT2D eigenvalue weighted by Crippen LogP contribution is 2.27. The number of hydrogen-bond donors (Lipinski definition) is 2. The van der Waals surface area contributed by atoms with E-state index in [9.17, 15) is 8.42 Å². The van der Waals surface area contributed by atoms with Crippen LogP contribution in [-0.4, -0.2) is 13.5 Å². The van der Waals surface area contributed by atoms with Crippen LogP contribution in [0.15, 0.2) is 50.2 Å². The van der Waals surface area contributed by atoms with Gasteiger partial charge in [0.25, 0.3) is 10.0 Å². The van der Waals surface area contributed by atoms with Crippen molar-refractivity contribution < 1.29 is 13.5 Å². The molecule has 0 amide bonds. The first-order valence-corrected chi connectivity index (χ1v) is 9.08. The molecule has 0 radical (unpaired) electrons. The van der Waals surface area contributed by atoms with Crippen molar-refractivity contribution in [2.24, 2.45) is 0 Å². The third kappa shape index (κ3) is 3.85. The lowest BCUT2D eigenvalue weighted by molar-refractivity contribution is 0.281. The predicted octanol–water partition coefficient (Wildman–Crippen LogP) is 3.81. The van der Waals surface area contributed by atoms with Gasteiger partial charge in [0, 0.05) is 14.6 Å². The Bertz CT molecular complexity index is 776. The van der Waals surface area contributed by atoms with Crippen LogP contribution in [0.2, 0.25) is 0 Å². The van der Waals surface area contributed by atoms with Gasteiger partial charge in [-0.1, -0.05) is 28.1 Å². The first-order valence-electron chi connectivity index (χ1n) is 6.02. The van der Waals surface area contributed by atoms with Gasteiger partial charge in [-0.15, -0.1) is 0 Å². The topological polar surface area (TPSA) is 66.4 Å². The summed E-state index contributed by atoms with van der Waals surface area (Å²) in [6, 6.07) is 9.85. The number of aryl methyl sites for hydroxylation is 1. The molecule has 0 atom stereocenters. The Morgan fingerprint density at radius 3 is 2.38 bits per heavy atom. The molecule has 7 heteroatoms. The fourth-order valence-corrected chi connectivity index (χ4v) is 4.28. The molecule has 2 N–H and O–H groups in total. The average Bonchev–Trinajstić information content (AvgIpc) is 2.42. The lowest BCUT2D eigenvalue weighted by atomic mass is 10.2. The summed E-state index contributed by atoms with van der Waals surface area (Å²) in [5, 5.41) is 9.06. The van der Waals surface area contributed by atoms with Gasteiger partial charge in [-0.25, -0.2) is 8.42 Å². The van der Waals surface area contributed by atoms with E-state index in [0.29, 0.717) is 15.7 Å². The van der Waals surface area contributed by atoms with E-state index in [1.807, 2.05) is 13.0 Å². The van der Waals surface area contributed by atoms with Crippen LogP contribution >= 0.6 is 31.9 Å². The van der Waals surface area contributed by atoms with Gasteiger partial charge in [-0.05, 0) is 58.2 Å². The molecule has 4 nitrogen and oxygen atoms in total. The molecule has 0 saturated carbocycles. The van der Waals surface area contributed by atoms with Crippen molar-refractivity contribution in [2.45, 2.75) is 18.4 Å². The summed E-state index contributed by atoms with van der Waals surface area (Å²) in [4.78, 5) is 0.122. The molecule has 0 aliphatic carbocycles. The zero-order valence-corrected chi connectivity index (χ0v) is 15.1. The van der Waals surface area contributed by atoms with E-state index in [1.54, 1.807) is 24.3 Å². The van der Waals surface area contributed by atoms with E-state index in [-0.39, 0.29) is 11.5 Å². The molecule has 2 aromatic carbocycles. The highest BCUT2D eigenvalue weighted by Gasteiger charge is 2.18. The maximum atomic E-state index is 12.4. The van der Waals surface area contributed by atoms with Crippen molar-refractivity contribution in [3.05, 3.63) is 56.5 Å². The maximum Gasteiger partial charge on any atom is 0.263 e. The number of sulfonamides is 1. The Morgan fingerprint density at radius 1 is 1.10 bits per heavy atom.